The van der Waals surface area contributed by atoms with E-state index < -0.39 is 0 Å². The van der Waals surface area contributed by atoms with Gasteiger partial charge in [0, 0.05) is 6.42 Å². The highest BCUT2D eigenvalue weighted by Crippen LogP contribution is 2.24. The largest absolute Gasteiger partial charge is 0.297 e. The second-order valence-corrected chi connectivity index (χ2v) is 7.66. The fourth-order valence-corrected chi connectivity index (χ4v) is 3.46. The first-order valence-corrected chi connectivity index (χ1v) is 7.84. The van der Waals surface area contributed by atoms with Crippen molar-refractivity contribution in [1.82, 2.24) is 9.97 Å². The van der Waals surface area contributed by atoms with Crippen LogP contribution in [0.2, 0.25) is 0 Å². The van der Waals surface area contributed by atoms with Gasteiger partial charge < -0.3 is 0 Å². The van der Waals surface area contributed by atoms with Crippen molar-refractivity contribution in [3.63, 3.8) is 0 Å². The number of nitrogens with one attached hydrogen (secondary N) is 1. The van der Waals surface area contributed by atoms with E-state index in [0.29, 0.717) is 15.9 Å². The zero-order valence-electron chi connectivity index (χ0n) is 9.94. The van der Waals surface area contributed by atoms with Crippen molar-refractivity contribution in [2.24, 2.45) is 5.92 Å². The van der Waals surface area contributed by atoms with Gasteiger partial charge in [-0.1, -0.05) is 25.2 Å². The average molecular weight is 346 g/mol. The van der Waals surface area contributed by atoms with E-state index in [0.717, 1.165) is 15.2 Å². The molecule has 2 heterocycles. The van der Waals surface area contributed by atoms with Gasteiger partial charge in [0.05, 0.1) is 21.2 Å². The first kappa shape index (κ1) is 13.6. The molecular formula is C11H12BrN3OS2. The number of halogens is 1. The lowest BCUT2D eigenvalue weighted by atomic mass is 10.1. The number of rotatable bonds is 4. The van der Waals surface area contributed by atoms with Crippen LogP contribution in [-0.2, 0) is 6.42 Å². The summed E-state index contributed by atoms with van der Waals surface area (Å²) in [7, 11) is 0. The number of thiazole rings is 2. The Kier molecular flexibility index (Phi) is 4.47. The molecule has 2 rings (SSSR count). The lowest BCUT2D eigenvalue weighted by Crippen LogP contribution is -2.09. The SMILES string of the molecule is CC(C)Cc1ncc(C(=O)Nc2ncc(Br)s2)s1. The zero-order chi connectivity index (χ0) is 13.1. The predicted octanol–water partition coefficient (Wildman–Crippen LogP) is 3.81. The maximum absolute atomic E-state index is 11.9. The molecule has 1 N–H and O–H groups in total. The molecule has 2 aromatic rings. The Bertz CT molecular complexity index is 550. The van der Waals surface area contributed by atoms with Gasteiger partial charge in [0.1, 0.15) is 4.88 Å². The van der Waals surface area contributed by atoms with Crippen LogP contribution >= 0.6 is 38.6 Å². The Labute approximate surface area is 122 Å². The lowest BCUT2D eigenvalue weighted by molar-refractivity contribution is 0.103. The molecule has 0 aliphatic heterocycles. The summed E-state index contributed by atoms with van der Waals surface area (Å²) >= 11 is 6.13. The van der Waals surface area contributed by atoms with Crippen LogP contribution in [-0.4, -0.2) is 15.9 Å². The monoisotopic (exact) mass is 345 g/mol. The minimum absolute atomic E-state index is 0.149. The second-order valence-electron chi connectivity index (χ2n) is 4.14. The highest BCUT2D eigenvalue weighted by Gasteiger charge is 2.13. The highest BCUT2D eigenvalue weighted by molar-refractivity contribution is 9.11. The Morgan fingerprint density at radius 1 is 1.39 bits per heavy atom. The first-order valence-electron chi connectivity index (χ1n) is 5.42. The number of carbonyl (C=O) groups is 1. The van der Waals surface area contributed by atoms with Crippen LogP contribution in [0.4, 0.5) is 5.13 Å². The molecular weight excluding hydrogens is 334 g/mol. The quantitative estimate of drug-likeness (QED) is 0.916. The standard InChI is InChI=1S/C11H12BrN3OS2/c1-6(2)3-9-13-4-7(17-9)10(16)15-11-14-5-8(12)18-11/h4-6H,3H2,1-2H3,(H,14,15,16). The van der Waals surface area contributed by atoms with Crippen molar-refractivity contribution in [3.8, 4) is 0 Å². The van der Waals surface area contributed by atoms with Crippen molar-refractivity contribution in [2.45, 2.75) is 20.3 Å². The molecule has 0 aliphatic rings. The van der Waals surface area contributed by atoms with Gasteiger partial charge in [-0.15, -0.1) is 11.3 Å². The number of carbonyl (C=O) groups excluding carboxylic acids is 1. The fourth-order valence-electron chi connectivity index (χ4n) is 1.33. The Morgan fingerprint density at radius 3 is 2.78 bits per heavy atom. The molecule has 0 aliphatic carbocycles. The second kappa shape index (κ2) is 5.90. The van der Waals surface area contributed by atoms with E-state index in [1.54, 1.807) is 12.4 Å². The van der Waals surface area contributed by atoms with Gasteiger partial charge in [0.25, 0.3) is 5.91 Å². The van der Waals surface area contributed by atoms with Crippen molar-refractivity contribution in [1.29, 1.82) is 0 Å². The fraction of sp³-hybridized carbons (Fsp3) is 0.364. The third-order valence-corrected chi connectivity index (χ3v) is 4.47. The molecule has 4 nitrogen and oxygen atoms in total. The molecule has 0 bridgehead atoms. The number of hydrogen-bond acceptors (Lipinski definition) is 5. The summed E-state index contributed by atoms with van der Waals surface area (Å²) in [6.45, 7) is 4.27. The molecule has 2 aromatic heterocycles. The smallest absolute Gasteiger partial charge is 0.269 e. The lowest BCUT2D eigenvalue weighted by Gasteiger charge is -1.99. The van der Waals surface area contributed by atoms with Crippen LogP contribution in [0, 0.1) is 5.92 Å². The molecule has 0 fully saturated rings. The number of amides is 1. The van der Waals surface area contributed by atoms with Gasteiger partial charge >= 0.3 is 0 Å². The van der Waals surface area contributed by atoms with Crippen molar-refractivity contribution >= 4 is 49.6 Å². The molecule has 0 aromatic carbocycles. The molecule has 18 heavy (non-hydrogen) atoms. The van der Waals surface area contributed by atoms with Crippen LogP contribution in [0.5, 0.6) is 0 Å². The van der Waals surface area contributed by atoms with Crippen LogP contribution in [0.3, 0.4) is 0 Å². The maximum Gasteiger partial charge on any atom is 0.269 e. The molecule has 0 saturated heterocycles. The van der Waals surface area contributed by atoms with E-state index in [9.17, 15) is 4.79 Å². The van der Waals surface area contributed by atoms with E-state index in [-0.39, 0.29) is 5.91 Å². The Hall–Kier alpha value is -0.790. The molecule has 0 saturated carbocycles. The van der Waals surface area contributed by atoms with Gasteiger partial charge in [0.15, 0.2) is 5.13 Å². The number of nitrogens with zero attached hydrogens (tertiary/aromatic N) is 2. The van der Waals surface area contributed by atoms with Crippen molar-refractivity contribution in [3.05, 3.63) is 26.1 Å². The van der Waals surface area contributed by atoms with Crippen LogP contribution in [0.1, 0.15) is 28.5 Å². The van der Waals surface area contributed by atoms with Crippen molar-refractivity contribution in [2.75, 3.05) is 5.32 Å². The minimum Gasteiger partial charge on any atom is -0.297 e. The van der Waals surface area contributed by atoms with Crippen LogP contribution in [0.25, 0.3) is 0 Å². The van der Waals surface area contributed by atoms with E-state index in [1.165, 1.54) is 22.7 Å². The molecule has 0 radical (unpaired) electrons. The first-order chi connectivity index (χ1) is 8.54. The summed E-state index contributed by atoms with van der Waals surface area (Å²) in [6, 6.07) is 0. The number of anilines is 1. The summed E-state index contributed by atoms with van der Waals surface area (Å²) in [5.74, 6) is 0.395. The predicted molar refractivity (Wildman–Crippen MR) is 78.4 cm³/mol. The van der Waals surface area contributed by atoms with E-state index in [2.05, 4.69) is 45.1 Å². The number of aromatic nitrogens is 2. The molecule has 0 unspecified atom stereocenters. The highest BCUT2D eigenvalue weighted by atomic mass is 79.9. The van der Waals surface area contributed by atoms with Crippen molar-refractivity contribution < 1.29 is 4.79 Å². The molecule has 0 spiro atoms. The number of hydrogen-bond donors (Lipinski definition) is 1. The molecule has 7 heteroatoms. The maximum atomic E-state index is 11.9. The Morgan fingerprint density at radius 2 is 2.17 bits per heavy atom. The van der Waals surface area contributed by atoms with Gasteiger partial charge in [-0.3, -0.25) is 10.1 Å². The van der Waals surface area contributed by atoms with Gasteiger partial charge in [-0.05, 0) is 21.8 Å². The zero-order valence-corrected chi connectivity index (χ0v) is 13.2. The van der Waals surface area contributed by atoms with E-state index in [1.807, 2.05) is 0 Å². The Balaban J connectivity index is 2.02. The van der Waals surface area contributed by atoms with Crippen LogP contribution in [0.15, 0.2) is 16.2 Å². The topological polar surface area (TPSA) is 54.9 Å². The summed E-state index contributed by atoms with van der Waals surface area (Å²) in [4.78, 5) is 20.9. The van der Waals surface area contributed by atoms with Crippen LogP contribution < -0.4 is 5.32 Å². The molecule has 0 atom stereocenters. The summed E-state index contributed by atoms with van der Waals surface area (Å²) in [6.07, 6.45) is 4.19. The van der Waals surface area contributed by atoms with Gasteiger partial charge in [-0.2, -0.15) is 0 Å². The van der Waals surface area contributed by atoms with Gasteiger partial charge in [-0.25, -0.2) is 9.97 Å². The third kappa shape index (κ3) is 3.60. The third-order valence-electron chi connectivity index (χ3n) is 2.06. The summed E-state index contributed by atoms with van der Waals surface area (Å²) in [5.41, 5.74) is 0. The van der Waals surface area contributed by atoms with E-state index >= 15 is 0 Å². The normalized spacial score (nSPS) is 10.9. The molecule has 1 amide bonds. The average Bonchev–Trinajstić information content (AvgIpc) is 2.87. The van der Waals surface area contributed by atoms with E-state index in [4.69, 9.17) is 0 Å². The van der Waals surface area contributed by atoms with Gasteiger partial charge in [0.2, 0.25) is 0 Å². The minimum atomic E-state index is -0.149. The summed E-state index contributed by atoms with van der Waals surface area (Å²) in [5, 5.41) is 4.34. The summed E-state index contributed by atoms with van der Waals surface area (Å²) < 4.78 is 0.891. The molecule has 96 valence electrons.